The van der Waals surface area contributed by atoms with Crippen molar-refractivity contribution in [2.75, 3.05) is 5.32 Å². The van der Waals surface area contributed by atoms with Gasteiger partial charge in [0.05, 0.1) is 16.9 Å². The summed E-state index contributed by atoms with van der Waals surface area (Å²) in [6.45, 7) is 0.420. The van der Waals surface area contributed by atoms with Crippen molar-refractivity contribution in [3.63, 3.8) is 0 Å². The van der Waals surface area contributed by atoms with Crippen molar-refractivity contribution in [3.05, 3.63) is 83.3 Å². The summed E-state index contributed by atoms with van der Waals surface area (Å²) in [5, 5.41) is 7.14. The van der Waals surface area contributed by atoms with Crippen molar-refractivity contribution in [1.82, 2.24) is 15.3 Å². The van der Waals surface area contributed by atoms with Crippen LogP contribution in [-0.2, 0) is 19.1 Å². The molecule has 0 aliphatic heterocycles. The first-order valence-corrected chi connectivity index (χ1v) is 12.6. The Balaban J connectivity index is 1.67. The molecular weight excluding hydrogens is 520 g/mol. The Morgan fingerprint density at radius 2 is 1.62 bits per heavy atom. The van der Waals surface area contributed by atoms with E-state index in [1.807, 2.05) is 0 Å². The molecular formula is C28H29F6N5. The number of alkyl halides is 6. The van der Waals surface area contributed by atoms with Crippen LogP contribution in [0, 0.1) is 0 Å². The Morgan fingerprint density at radius 3 is 2.26 bits per heavy atom. The molecule has 2 heterocycles. The number of rotatable bonds is 8. The van der Waals surface area contributed by atoms with Crippen molar-refractivity contribution < 1.29 is 26.3 Å². The van der Waals surface area contributed by atoms with Gasteiger partial charge in [-0.05, 0) is 67.6 Å². The first-order chi connectivity index (χ1) is 18.5. The Morgan fingerprint density at radius 1 is 0.923 bits per heavy atom. The summed E-state index contributed by atoms with van der Waals surface area (Å²) in [5.41, 5.74) is 5.61. The zero-order valence-electron chi connectivity index (χ0n) is 21.0. The largest absolute Gasteiger partial charge is 0.416 e. The van der Waals surface area contributed by atoms with Gasteiger partial charge in [0.2, 0.25) is 0 Å². The van der Waals surface area contributed by atoms with Gasteiger partial charge in [-0.25, -0.2) is 9.97 Å². The number of nitrogens with one attached hydrogen (secondary N) is 2. The molecule has 0 bridgehead atoms. The van der Waals surface area contributed by atoms with E-state index in [9.17, 15) is 26.3 Å². The van der Waals surface area contributed by atoms with Gasteiger partial charge in [-0.3, -0.25) is 0 Å². The molecule has 11 heteroatoms. The molecule has 0 unspecified atom stereocenters. The van der Waals surface area contributed by atoms with Gasteiger partial charge < -0.3 is 16.4 Å². The predicted molar refractivity (Wildman–Crippen MR) is 139 cm³/mol. The molecule has 1 aliphatic carbocycles. The lowest BCUT2D eigenvalue weighted by molar-refractivity contribution is -0.137. The van der Waals surface area contributed by atoms with Crippen LogP contribution in [0.2, 0.25) is 0 Å². The van der Waals surface area contributed by atoms with Crippen molar-refractivity contribution in [2.45, 2.75) is 63.5 Å². The molecule has 0 radical (unpaired) electrons. The number of anilines is 2. The number of fused-ring (bicyclic) bond motifs is 1. The number of hydrogen-bond donors (Lipinski definition) is 3. The van der Waals surface area contributed by atoms with Crippen LogP contribution in [0.1, 0.15) is 49.1 Å². The van der Waals surface area contributed by atoms with E-state index in [0.29, 0.717) is 35.0 Å². The lowest BCUT2D eigenvalue weighted by atomic mass is 9.95. The highest BCUT2D eigenvalue weighted by molar-refractivity contribution is 5.91. The summed E-state index contributed by atoms with van der Waals surface area (Å²) in [5.74, 6) is 0. The van der Waals surface area contributed by atoms with Gasteiger partial charge in [0.1, 0.15) is 0 Å². The molecule has 0 saturated heterocycles. The second kappa shape index (κ2) is 12.1. The van der Waals surface area contributed by atoms with Gasteiger partial charge in [-0.15, -0.1) is 0 Å². The molecule has 208 valence electrons. The van der Waals surface area contributed by atoms with E-state index in [0.717, 1.165) is 56.2 Å². The fourth-order valence-corrected chi connectivity index (χ4v) is 4.56. The molecule has 1 aromatic carbocycles. The number of hydrogen-bond acceptors (Lipinski definition) is 5. The summed E-state index contributed by atoms with van der Waals surface area (Å²) >= 11 is 0. The molecule has 1 aliphatic rings. The number of nitrogens with two attached hydrogens (primary N) is 1. The van der Waals surface area contributed by atoms with Gasteiger partial charge >= 0.3 is 12.4 Å². The summed E-state index contributed by atoms with van der Waals surface area (Å²) in [6.07, 6.45) is -0.864. The van der Waals surface area contributed by atoms with Crippen LogP contribution in [0.25, 0.3) is 11.0 Å². The van der Waals surface area contributed by atoms with E-state index >= 15 is 0 Å². The Kier molecular flexibility index (Phi) is 8.79. The molecule has 4 rings (SSSR count). The van der Waals surface area contributed by atoms with Crippen molar-refractivity contribution in [1.29, 1.82) is 0 Å². The molecule has 1 saturated carbocycles. The maximum absolute atomic E-state index is 13.5. The third kappa shape index (κ3) is 7.72. The quantitative estimate of drug-likeness (QED) is 0.203. The van der Waals surface area contributed by atoms with Crippen molar-refractivity contribution in [2.24, 2.45) is 5.73 Å². The van der Waals surface area contributed by atoms with E-state index in [1.54, 1.807) is 12.1 Å². The summed E-state index contributed by atoms with van der Waals surface area (Å²) in [7, 11) is 0. The lowest BCUT2D eigenvalue weighted by Gasteiger charge is -2.23. The number of aromatic nitrogens is 2. The Bertz CT molecular complexity index is 1320. The first-order valence-electron chi connectivity index (χ1n) is 12.6. The number of halogens is 6. The highest BCUT2D eigenvalue weighted by Gasteiger charge is 2.33. The van der Waals surface area contributed by atoms with E-state index in [4.69, 9.17) is 5.73 Å². The van der Waals surface area contributed by atoms with E-state index < -0.39 is 29.9 Å². The monoisotopic (exact) mass is 549 g/mol. The summed E-state index contributed by atoms with van der Waals surface area (Å²) in [4.78, 5) is 9.02. The molecule has 0 amide bonds. The van der Waals surface area contributed by atoms with Gasteiger partial charge in [-0.2, -0.15) is 26.3 Å². The van der Waals surface area contributed by atoms with Gasteiger partial charge in [0.15, 0.2) is 5.65 Å². The minimum Gasteiger partial charge on any atom is -0.405 e. The average molecular weight is 550 g/mol. The standard InChI is InChI=1S/C28H29F6N5/c29-27(30,31)18-8-10-21(11-9-18)37-25-16-23(17-36-20-6-2-1-3-7-20)39-26-24(25)13-12-22(38-26)15-19(5-4-14-35)28(32,33)34/h4-5,8-14,16,20,36H,1-3,6-7,15,17,35H2,(H,37,38,39)/b14-4-,19-5+. The number of pyridine rings is 2. The van der Waals surface area contributed by atoms with Crippen LogP contribution in [0.15, 0.2) is 66.4 Å². The topological polar surface area (TPSA) is 75.9 Å². The number of benzene rings is 1. The summed E-state index contributed by atoms with van der Waals surface area (Å²) in [6, 6.07) is 9.82. The molecule has 5 nitrogen and oxygen atoms in total. The highest BCUT2D eigenvalue weighted by atomic mass is 19.4. The fraction of sp³-hybridized carbons (Fsp3) is 0.357. The zero-order valence-corrected chi connectivity index (χ0v) is 21.0. The van der Waals surface area contributed by atoms with Crippen molar-refractivity contribution >= 4 is 22.4 Å². The third-order valence-electron chi connectivity index (χ3n) is 6.60. The van der Waals surface area contributed by atoms with E-state index in [1.165, 1.54) is 24.6 Å². The van der Waals surface area contributed by atoms with E-state index in [-0.39, 0.29) is 11.3 Å². The smallest absolute Gasteiger partial charge is 0.405 e. The Labute approximate surface area is 222 Å². The SMILES string of the molecule is N/C=C\C=C(/Cc1ccc2c(Nc3ccc(C(F)(F)F)cc3)cc(CNC3CCCCC3)nc2n1)C(F)(F)F. The molecule has 2 aromatic heterocycles. The van der Waals surface area contributed by atoms with Crippen molar-refractivity contribution in [3.8, 4) is 0 Å². The fourth-order valence-electron chi connectivity index (χ4n) is 4.56. The Hall–Kier alpha value is -3.60. The van der Waals surface area contributed by atoms with Gasteiger partial charge in [0.25, 0.3) is 0 Å². The second-order valence-electron chi connectivity index (χ2n) is 9.50. The lowest BCUT2D eigenvalue weighted by Crippen LogP contribution is -2.30. The maximum Gasteiger partial charge on any atom is 0.416 e. The van der Waals surface area contributed by atoms with Gasteiger partial charge in [0, 0.05) is 41.3 Å². The van der Waals surface area contributed by atoms with Crippen LogP contribution in [-0.4, -0.2) is 22.2 Å². The molecule has 0 atom stereocenters. The predicted octanol–water partition coefficient (Wildman–Crippen LogP) is 7.32. The van der Waals surface area contributed by atoms with Crippen LogP contribution in [0.5, 0.6) is 0 Å². The molecule has 0 spiro atoms. The molecule has 39 heavy (non-hydrogen) atoms. The molecule has 3 aromatic rings. The number of nitrogens with zero attached hydrogens (tertiary/aromatic N) is 2. The van der Waals surface area contributed by atoms with E-state index in [2.05, 4.69) is 20.6 Å². The normalized spacial score (nSPS) is 15.8. The average Bonchev–Trinajstić information content (AvgIpc) is 2.89. The van der Waals surface area contributed by atoms with Crippen LogP contribution < -0.4 is 16.4 Å². The van der Waals surface area contributed by atoms with Gasteiger partial charge in [-0.1, -0.05) is 25.3 Å². The highest BCUT2D eigenvalue weighted by Crippen LogP contribution is 2.33. The number of allylic oxidation sites excluding steroid dienone is 3. The zero-order chi connectivity index (χ0) is 28.0. The van der Waals surface area contributed by atoms with Crippen LogP contribution in [0.3, 0.4) is 0 Å². The molecule has 4 N–H and O–H groups in total. The third-order valence-corrected chi connectivity index (χ3v) is 6.60. The second-order valence-corrected chi connectivity index (χ2v) is 9.50. The minimum atomic E-state index is -4.56. The first kappa shape index (κ1) is 28.4. The van der Waals surface area contributed by atoms with Crippen LogP contribution >= 0.6 is 0 Å². The molecule has 1 fully saturated rings. The van der Waals surface area contributed by atoms with Crippen LogP contribution in [0.4, 0.5) is 37.7 Å². The summed E-state index contributed by atoms with van der Waals surface area (Å²) < 4.78 is 79.5. The minimum absolute atomic E-state index is 0.168. The maximum atomic E-state index is 13.5.